The van der Waals surface area contributed by atoms with Gasteiger partial charge in [0.25, 0.3) is 5.56 Å². The van der Waals surface area contributed by atoms with Crippen LogP contribution in [0.25, 0.3) is 16.8 Å². The summed E-state index contributed by atoms with van der Waals surface area (Å²) in [7, 11) is 0. The predicted molar refractivity (Wildman–Crippen MR) is 74.6 cm³/mol. The summed E-state index contributed by atoms with van der Waals surface area (Å²) in [6.07, 6.45) is 3.77. The van der Waals surface area contributed by atoms with E-state index in [2.05, 4.69) is 15.2 Å². The minimum Gasteiger partial charge on any atom is -0.463 e. The normalized spacial score (nSPS) is 11.1. The second kappa shape index (κ2) is 4.58. The zero-order valence-electron chi connectivity index (χ0n) is 11.5. The molecule has 0 aliphatic carbocycles. The minimum atomic E-state index is -1.17. The van der Waals surface area contributed by atoms with E-state index < -0.39 is 6.09 Å². The Labute approximate surface area is 118 Å². The second-order valence-electron chi connectivity index (χ2n) is 4.66. The third-order valence-electron chi connectivity index (χ3n) is 3.42. The third kappa shape index (κ3) is 1.92. The van der Waals surface area contributed by atoms with E-state index in [1.807, 2.05) is 13.8 Å². The average molecular weight is 287 g/mol. The van der Waals surface area contributed by atoms with Gasteiger partial charge in [0, 0.05) is 28.6 Å². The number of hydrogen-bond acceptors (Lipinski definition) is 4. The largest absolute Gasteiger partial charge is 0.463 e. The molecule has 0 aliphatic rings. The number of nitrogens with one attached hydrogen (secondary N) is 1. The van der Waals surface area contributed by atoms with Gasteiger partial charge in [0.15, 0.2) is 0 Å². The van der Waals surface area contributed by atoms with E-state index in [0.29, 0.717) is 28.8 Å². The molecular weight excluding hydrogens is 274 g/mol. The number of rotatable bonds is 2. The van der Waals surface area contributed by atoms with Crippen molar-refractivity contribution in [2.45, 2.75) is 20.3 Å². The molecule has 8 heteroatoms. The van der Waals surface area contributed by atoms with Gasteiger partial charge in [-0.3, -0.25) is 4.79 Å². The zero-order chi connectivity index (χ0) is 15.1. The molecule has 0 spiro atoms. The number of hydrogen-bond donors (Lipinski definition) is 2. The molecule has 0 bridgehead atoms. The Balaban J connectivity index is 2.25. The van der Waals surface area contributed by atoms with Crippen LogP contribution in [0.15, 0.2) is 23.4 Å². The quantitative estimate of drug-likeness (QED) is 0.738. The molecule has 0 fully saturated rings. The first-order valence-corrected chi connectivity index (χ1v) is 6.40. The fourth-order valence-corrected chi connectivity index (χ4v) is 2.36. The van der Waals surface area contributed by atoms with Crippen LogP contribution in [-0.4, -0.2) is 35.6 Å². The SMILES string of the molecule is CCc1c(C)[nH]c2c(-c3cnn(C(=O)O)c3)cnn2c1=O. The number of nitrogens with zero attached hydrogens (tertiary/aromatic N) is 4. The van der Waals surface area contributed by atoms with Crippen molar-refractivity contribution in [2.75, 3.05) is 0 Å². The molecule has 3 aromatic heterocycles. The molecule has 0 radical (unpaired) electrons. The lowest BCUT2D eigenvalue weighted by Crippen LogP contribution is -2.21. The van der Waals surface area contributed by atoms with Crippen molar-refractivity contribution < 1.29 is 9.90 Å². The molecule has 0 aromatic carbocycles. The maximum absolute atomic E-state index is 12.3. The number of carboxylic acid groups (broad SMARTS) is 1. The van der Waals surface area contributed by atoms with Gasteiger partial charge in [0.2, 0.25) is 0 Å². The average Bonchev–Trinajstić information content (AvgIpc) is 3.04. The van der Waals surface area contributed by atoms with Crippen molar-refractivity contribution in [3.8, 4) is 11.1 Å². The maximum Gasteiger partial charge on any atom is 0.432 e. The molecule has 3 heterocycles. The van der Waals surface area contributed by atoms with E-state index in [0.717, 1.165) is 10.4 Å². The van der Waals surface area contributed by atoms with Gasteiger partial charge in [0.05, 0.1) is 12.4 Å². The molecule has 0 saturated carbocycles. The van der Waals surface area contributed by atoms with Crippen molar-refractivity contribution >= 4 is 11.7 Å². The number of fused-ring (bicyclic) bond motifs is 1. The molecule has 3 rings (SSSR count). The second-order valence-corrected chi connectivity index (χ2v) is 4.66. The van der Waals surface area contributed by atoms with Gasteiger partial charge < -0.3 is 10.1 Å². The Morgan fingerprint density at radius 1 is 1.38 bits per heavy atom. The highest BCUT2D eigenvalue weighted by molar-refractivity contribution is 5.78. The molecule has 0 unspecified atom stereocenters. The molecule has 0 atom stereocenters. The van der Waals surface area contributed by atoms with Gasteiger partial charge in [-0.15, -0.1) is 0 Å². The molecule has 0 saturated heterocycles. The Bertz CT molecular complexity index is 902. The smallest absolute Gasteiger partial charge is 0.432 e. The van der Waals surface area contributed by atoms with E-state index >= 15 is 0 Å². The third-order valence-corrected chi connectivity index (χ3v) is 3.42. The van der Waals surface area contributed by atoms with E-state index in [1.165, 1.54) is 23.1 Å². The van der Waals surface area contributed by atoms with Crippen molar-refractivity contribution in [1.29, 1.82) is 0 Å². The number of carbonyl (C=O) groups is 1. The first kappa shape index (κ1) is 13.1. The summed E-state index contributed by atoms with van der Waals surface area (Å²) in [5, 5.41) is 16.7. The van der Waals surface area contributed by atoms with Crippen molar-refractivity contribution in [3.63, 3.8) is 0 Å². The first-order valence-electron chi connectivity index (χ1n) is 6.40. The van der Waals surface area contributed by atoms with Crippen LogP contribution in [0.5, 0.6) is 0 Å². The fraction of sp³-hybridized carbons (Fsp3) is 0.231. The Kier molecular flexibility index (Phi) is 2.86. The molecule has 21 heavy (non-hydrogen) atoms. The highest BCUT2D eigenvalue weighted by atomic mass is 16.4. The van der Waals surface area contributed by atoms with Gasteiger partial charge >= 0.3 is 6.09 Å². The van der Waals surface area contributed by atoms with Crippen LogP contribution in [0.2, 0.25) is 0 Å². The molecule has 3 aromatic rings. The van der Waals surface area contributed by atoms with Crippen LogP contribution in [-0.2, 0) is 6.42 Å². The van der Waals surface area contributed by atoms with Crippen molar-refractivity contribution in [3.05, 3.63) is 40.2 Å². The number of aromatic nitrogens is 5. The van der Waals surface area contributed by atoms with Crippen LogP contribution >= 0.6 is 0 Å². The standard InChI is InChI=1S/C13H13N5O3/c1-3-9-7(2)16-11-10(5-15-18(11)12(9)19)8-4-14-17(6-8)13(20)21/h4-6,16H,3H2,1-2H3,(H,20,21). The first-order chi connectivity index (χ1) is 10.0. The van der Waals surface area contributed by atoms with Crippen molar-refractivity contribution in [2.24, 2.45) is 0 Å². The number of aryl methyl sites for hydroxylation is 1. The lowest BCUT2D eigenvalue weighted by atomic mass is 10.1. The molecule has 0 aliphatic heterocycles. The van der Waals surface area contributed by atoms with E-state index in [4.69, 9.17) is 5.11 Å². The molecular formula is C13H13N5O3. The number of H-pyrrole nitrogens is 1. The van der Waals surface area contributed by atoms with Gasteiger partial charge in [-0.2, -0.15) is 19.4 Å². The summed E-state index contributed by atoms with van der Waals surface area (Å²) in [5.41, 5.74) is 3.03. The molecule has 108 valence electrons. The monoisotopic (exact) mass is 287 g/mol. The van der Waals surface area contributed by atoms with E-state index in [1.54, 1.807) is 0 Å². The fourth-order valence-electron chi connectivity index (χ4n) is 2.36. The number of aromatic amines is 1. The van der Waals surface area contributed by atoms with Crippen molar-refractivity contribution in [1.82, 2.24) is 24.4 Å². The highest BCUT2D eigenvalue weighted by Gasteiger charge is 2.15. The topological polar surface area (TPSA) is 105 Å². The molecule has 0 amide bonds. The Morgan fingerprint density at radius 3 is 2.76 bits per heavy atom. The van der Waals surface area contributed by atoms with Crippen LogP contribution in [0, 0.1) is 6.92 Å². The predicted octanol–water partition coefficient (Wildman–Crippen LogP) is 1.28. The van der Waals surface area contributed by atoms with Gasteiger partial charge in [-0.05, 0) is 13.3 Å². The van der Waals surface area contributed by atoms with Crippen LogP contribution < -0.4 is 5.56 Å². The summed E-state index contributed by atoms with van der Waals surface area (Å²) in [5.74, 6) is 0. The summed E-state index contributed by atoms with van der Waals surface area (Å²) >= 11 is 0. The van der Waals surface area contributed by atoms with E-state index in [9.17, 15) is 9.59 Å². The van der Waals surface area contributed by atoms with Gasteiger partial charge in [0.1, 0.15) is 5.65 Å². The summed E-state index contributed by atoms with van der Waals surface area (Å²) in [6.45, 7) is 3.74. The van der Waals surface area contributed by atoms with Crippen LogP contribution in [0.3, 0.4) is 0 Å². The molecule has 8 nitrogen and oxygen atoms in total. The maximum atomic E-state index is 12.3. The Hall–Kier alpha value is -2.90. The lowest BCUT2D eigenvalue weighted by molar-refractivity contribution is 0.192. The summed E-state index contributed by atoms with van der Waals surface area (Å²) < 4.78 is 2.10. The van der Waals surface area contributed by atoms with Gasteiger partial charge in [-0.1, -0.05) is 6.92 Å². The van der Waals surface area contributed by atoms with Gasteiger partial charge in [-0.25, -0.2) is 4.79 Å². The molecule has 2 N–H and O–H groups in total. The lowest BCUT2D eigenvalue weighted by Gasteiger charge is -2.04. The highest BCUT2D eigenvalue weighted by Crippen LogP contribution is 2.22. The summed E-state index contributed by atoms with van der Waals surface area (Å²) in [6, 6.07) is 0. The van der Waals surface area contributed by atoms with Crippen LogP contribution in [0.4, 0.5) is 4.79 Å². The zero-order valence-corrected chi connectivity index (χ0v) is 11.5. The summed E-state index contributed by atoms with van der Waals surface area (Å²) in [4.78, 5) is 26.3. The van der Waals surface area contributed by atoms with Crippen LogP contribution in [0.1, 0.15) is 18.2 Å². The minimum absolute atomic E-state index is 0.166. The van der Waals surface area contributed by atoms with E-state index in [-0.39, 0.29) is 5.56 Å². The Morgan fingerprint density at radius 2 is 2.14 bits per heavy atom.